The molecule has 1 saturated heterocycles. The Kier molecular flexibility index (Phi) is 9.74. The summed E-state index contributed by atoms with van der Waals surface area (Å²) in [6.45, 7) is 14.8. The maximum absolute atomic E-state index is 5.36. The fourth-order valence-electron chi connectivity index (χ4n) is 3.59. The van der Waals surface area contributed by atoms with E-state index in [1.807, 2.05) is 0 Å². The maximum atomic E-state index is 5.36. The third-order valence-corrected chi connectivity index (χ3v) is 5.25. The molecule has 1 aromatic heterocycles. The van der Waals surface area contributed by atoms with Gasteiger partial charge < -0.3 is 15.2 Å². The van der Waals surface area contributed by atoms with Crippen molar-refractivity contribution in [3.63, 3.8) is 0 Å². The first-order valence-electron chi connectivity index (χ1n) is 11.0. The van der Waals surface area contributed by atoms with Crippen molar-refractivity contribution in [2.45, 2.75) is 72.0 Å². The van der Waals surface area contributed by atoms with E-state index in [-0.39, 0.29) is 29.4 Å². The van der Waals surface area contributed by atoms with Gasteiger partial charge in [0.1, 0.15) is 6.54 Å². The van der Waals surface area contributed by atoms with E-state index in [1.54, 1.807) is 0 Å². The zero-order chi connectivity index (χ0) is 21.6. The van der Waals surface area contributed by atoms with Crippen LogP contribution in [0.1, 0.15) is 63.4 Å². The predicted molar refractivity (Wildman–Crippen MR) is 136 cm³/mol. The van der Waals surface area contributed by atoms with Crippen molar-refractivity contribution < 1.29 is 4.52 Å². The van der Waals surface area contributed by atoms with Gasteiger partial charge in [-0.3, -0.25) is 4.90 Å². The maximum Gasteiger partial charge on any atom is 0.232 e. The second kappa shape index (κ2) is 11.8. The molecule has 7 nitrogen and oxygen atoms in total. The topological polar surface area (TPSA) is 78.6 Å². The minimum absolute atomic E-state index is 0. The highest BCUT2D eigenvalue weighted by molar-refractivity contribution is 14.0. The lowest BCUT2D eigenvalue weighted by Gasteiger charge is -2.33. The first kappa shape index (κ1) is 25.6. The highest BCUT2D eigenvalue weighted by Crippen LogP contribution is 2.20. The number of hydrogen-bond acceptors (Lipinski definition) is 5. The van der Waals surface area contributed by atoms with Crippen LogP contribution in [0.5, 0.6) is 0 Å². The largest absolute Gasteiger partial charge is 0.357 e. The number of guanidine groups is 1. The van der Waals surface area contributed by atoms with Crippen molar-refractivity contribution in [2.24, 2.45) is 4.99 Å². The quantitative estimate of drug-likeness (QED) is 0.328. The molecule has 1 aliphatic rings. The summed E-state index contributed by atoms with van der Waals surface area (Å²) >= 11 is 0. The van der Waals surface area contributed by atoms with Gasteiger partial charge in [0.25, 0.3) is 0 Å². The average molecular weight is 540 g/mol. The smallest absolute Gasteiger partial charge is 0.232 e. The molecule has 3 rings (SSSR count). The molecule has 172 valence electrons. The molecular formula is C23H37IN6O. The Hall–Kier alpha value is -1.68. The summed E-state index contributed by atoms with van der Waals surface area (Å²) in [5, 5.41) is 11.0. The fourth-order valence-corrected chi connectivity index (χ4v) is 3.59. The fraction of sp³-hybridized carbons (Fsp3) is 0.609. The Morgan fingerprint density at radius 3 is 2.61 bits per heavy atom. The molecule has 0 saturated carbocycles. The molecular weight excluding hydrogens is 503 g/mol. The van der Waals surface area contributed by atoms with Gasteiger partial charge in [-0.25, -0.2) is 4.99 Å². The molecule has 0 spiro atoms. The summed E-state index contributed by atoms with van der Waals surface area (Å²) in [5.74, 6) is 2.08. The molecule has 0 radical (unpaired) electrons. The van der Waals surface area contributed by atoms with Gasteiger partial charge in [0.2, 0.25) is 5.89 Å². The zero-order valence-electron chi connectivity index (χ0n) is 19.4. The molecule has 0 unspecified atom stereocenters. The van der Waals surface area contributed by atoms with Crippen LogP contribution in [-0.4, -0.2) is 46.7 Å². The van der Waals surface area contributed by atoms with Gasteiger partial charge >= 0.3 is 0 Å². The number of aryl methyl sites for hydroxylation is 1. The Morgan fingerprint density at radius 1 is 1.26 bits per heavy atom. The van der Waals surface area contributed by atoms with Crippen LogP contribution in [0, 0.1) is 6.92 Å². The van der Waals surface area contributed by atoms with Crippen LogP contribution in [0.4, 0.5) is 0 Å². The third kappa shape index (κ3) is 8.07. The Bertz CT molecular complexity index is 837. The van der Waals surface area contributed by atoms with Crippen LogP contribution in [-0.2, 0) is 18.5 Å². The van der Waals surface area contributed by atoms with Crippen LogP contribution in [0.2, 0.25) is 0 Å². The number of piperidine rings is 1. The van der Waals surface area contributed by atoms with Crippen molar-refractivity contribution >= 4 is 29.9 Å². The van der Waals surface area contributed by atoms with Gasteiger partial charge in [-0.2, -0.15) is 4.98 Å². The van der Waals surface area contributed by atoms with Gasteiger partial charge in [0.05, 0.1) is 0 Å². The van der Waals surface area contributed by atoms with Gasteiger partial charge in [-0.1, -0.05) is 55.8 Å². The predicted octanol–water partition coefficient (Wildman–Crippen LogP) is 4.01. The second-order valence-electron chi connectivity index (χ2n) is 9.14. The first-order chi connectivity index (χ1) is 14.3. The summed E-state index contributed by atoms with van der Waals surface area (Å²) < 4.78 is 5.36. The molecule has 2 heterocycles. The minimum Gasteiger partial charge on any atom is -0.357 e. The highest BCUT2D eigenvalue weighted by atomic mass is 127. The highest BCUT2D eigenvalue weighted by Gasteiger charge is 2.22. The first-order valence-corrected chi connectivity index (χ1v) is 11.0. The minimum atomic E-state index is -0.149. The molecule has 31 heavy (non-hydrogen) atoms. The average Bonchev–Trinajstić information content (AvgIpc) is 3.17. The van der Waals surface area contributed by atoms with Gasteiger partial charge in [-0.05, 0) is 32.3 Å². The van der Waals surface area contributed by atoms with Gasteiger partial charge in [0.15, 0.2) is 11.8 Å². The molecule has 0 amide bonds. The number of aromatic nitrogens is 2. The lowest BCUT2D eigenvalue weighted by atomic mass is 9.97. The SMILES string of the molecule is CCNC(=NCc1noc(C(C)(C)C)n1)NC1CCN(Cc2cccc(C)c2)CC1.I. The van der Waals surface area contributed by atoms with Crippen LogP contribution < -0.4 is 10.6 Å². The molecule has 1 aromatic carbocycles. The number of aliphatic imine (C=N–C) groups is 1. The molecule has 1 fully saturated rings. The number of likely N-dealkylation sites (tertiary alicyclic amines) is 1. The number of nitrogens with zero attached hydrogens (tertiary/aromatic N) is 4. The lowest BCUT2D eigenvalue weighted by Crippen LogP contribution is -2.48. The second-order valence-corrected chi connectivity index (χ2v) is 9.14. The Balaban J connectivity index is 0.00000341. The molecule has 2 N–H and O–H groups in total. The normalized spacial score (nSPS) is 16.1. The summed E-state index contributed by atoms with van der Waals surface area (Å²) in [4.78, 5) is 11.7. The van der Waals surface area contributed by atoms with E-state index >= 15 is 0 Å². The van der Waals surface area contributed by atoms with Crippen molar-refractivity contribution in [1.82, 2.24) is 25.7 Å². The molecule has 0 bridgehead atoms. The standard InChI is InChI=1S/C23H36N6O.HI/c1-6-24-22(25-15-20-27-21(30-28-20)23(3,4)5)26-19-10-12-29(13-11-19)16-18-9-7-8-17(2)14-18;/h7-9,14,19H,6,10-13,15-16H2,1-5H3,(H2,24,25,26);1H. The molecule has 8 heteroatoms. The summed E-state index contributed by atoms with van der Waals surface area (Å²) in [7, 11) is 0. The van der Waals surface area contributed by atoms with Crippen molar-refractivity contribution in [3.8, 4) is 0 Å². The number of halogens is 1. The number of rotatable bonds is 6. The van der Waals surface area contributed by atoms with E-state index in [0.29, 0.717) is 24.3 Å². The van der Waals surface area contributed by atoms with Crippen molar-refractivity contribution in [2.75, 3.05) is 19.6 Å². The Morgan fingerprint density at radius 2 is 2.00 bits per heavy atom. The summed E-state index contributed by atoms with van der Waals surface area (Å²) in [6, 6.07) is 9.22. The van der Waals surface area contributed by atoms with Gasteiger partial charge in [0, 0.05) is 37.6 Å². The summed E-state index contributed by atoms with van der Waals surface area (Å²) in [6.07, 6.45) is 2.21. The molecule has 2 aromatic rings. The molecule has 0 atom stereocenters. The van der Waals surface area contributed by atoms with Crippen molar-refractivity contribution in [3.05, 3.63) is 47.1 Å². The van der Waals surface area contributed by atoms with Crippen LogP contribution in [0.15, 0.2) is 33.8 Å². The van der Waals surface area contributed by atoms with Crippen LogP contribution in [0.3, 0.4) is 0 Å². The third-order valence-electron chi connectivity index (χ3n) is 5.25. The van der Waals surface area contributed by atoms with E-state index in [1.165, 1.54) is 11.1 Å². The number of benzene rings is 1. The van der Waals surface area contributed by atoms with Gasteiger partial charge in [-0.15, -0.1) is 24.0 Å². The van der Waals surface area contributed by atoms with E-state index < -0.39 is 0 Å². The van der Waals surface area contributed by atoms with E-state index in [0.717, 1.165) is 45.0 Å². The van der Waals surface area contributed by atoms with E-state index in [2.05, 4.69) is 89.6 Å². The zero-order valence-corrected chi connectivity index (χ0v) is 21.8. The molecule has 1 aliphatic heterocycles. The molecule has 0 aliphatic carbocycles. The van der Waals surface area contributed by atoms with Crippen LogP contribution in [0.25, 0.3) is 0 Å². The number of hydrogen-bond donors (Lipinski definition) is 2. The van der Waals surface area contributed by atoms with E-state index in [4.69, 9.17) is 4.52 Å². The van der Waals surface area contributed by atoms with Crippen LogP contribution >= 0.6 is 24.0 Å². The Labute approximate surface area is 203 Å². The number of nitrogens with one attached hydrogen (secondary N) is 2. The monoisotopic (exact) mass is 540 g/mol. The van der Waals surface area contributed by atoms with Crippen molar-refractivity contribution in [1.29, 1.82) is 0 Å². The lowest BCUT2D eigenvalue weighted by molar-refractivity contribution is 0.198. The van der Waals surface area contributed by atoms with E-state index in [9.17, 15) is 0 Å². The summed E-state index contributed by atoms with van der Waals surface area (Å²) in [5.41, 5.74) is 2.57.